The van der Waals surface area contributed by atoms with Crippen LogP contribution < -0.4 is 10.1 Å². The molecule has 2 aliphatic heterocycles. The van der Waals surface area contributed by atoms with Crippen molar-refractivity contribution in [2.45, 2.75) is 25.0 Å². The number of halogens is 2. The maximum absolute atomic E-state index is 14.4. The summed E-state index contributed by atoms with van der Waals surface area (Å²) in [6.45, 7) is 3.07. The standard InChI is InChI=1S/C21H22BrFN2O3/c22-15-4-6-17(7-5-15)28-20-8-3-14(10-19(20)23)21(26)24-11-18-12-25-9-1-2-16(25)13-27-18/h3-8,10,16,18H,1-2,9,11-13H2,(H,24,26). The van der Waals surface area contributed by atoms with E-state index in [0.717, 1.165) is 24.2 Å². The fourth-order valence-corrected chi connectivity index (χ4v) is 3.94. The minimum atomic E-state index is -0.579. The normalized spacial score (nSPS) is 21.9. The first kappa shape index (κ1) is 19.4. The second kappa shape index (κ2) is 8.59. The monoisotopic (exact) mass is 448 g/mol. The number of benzene rings is 2. The fraction of sp³-hybridized carbons (Fsp3) is 0.381. The van der Waals surface area contributed by atoms with Crippen LogP contribution >= 0.6 is 15.9 Å². The van der Waals surface area contributed by atoms with Crippen LogP contribution in [0.3, 0.4) is 0 Å². The molecule has 0 aromatic heterocycles. The van der Waals surface area contributed by atoms with E-state index in [1.165, 1.54) is 25.0 Å². The molecule has 2 aromatic rings. The van der Waals surface area contributed by atoms with Crippen LogP contribution in [0.5, 0.6) is 11.5 Å². The lowest BCUT2D eigenvalue weighted by Gasteiger charge is -2.35. The number of morpholine rings is 1. The van der Waals surface area contributed by atoms with Crippen LogP contribution in [0, 0.1) is 5.82 Å². The van der Waals surface area contributed by atoms with Crippen molar-refractivity contribution in [3.05, 3.63) is 58.3 Å². The SMILES string of the molecule is O=C(NCC1CN2CCCC2CO1)c1ccc(Oc2ccc(Br)cc2)c(F)c1. The van der Waals surface area contributed by atoms with Gasteiger partial charge in [0.25, 0.3) is 5.91 Å². The van der Waals surface area contributed by atoms with E-state index in [1.807, 2.05) is 12.1 Å². The van der Waals surface area contributed by atoms with Gasteiger partial charge in [-0.15, -0.1) is 0 Å². The molecule has 7 heteroatoms. The number of nitrogens with one attached hydrogen (secondary N) is 1. The maximum Gasteiger partial charge on any atom is 0.251 e. The molecule has 2 heterocycles. The maximum atomic E-state index is 14.4. The van der Waals surface area contributed by atoms with Gasteiger partial charge in [0.15, 0.2) is 11.6 Å². The third-order valence-corrected chi connectivity index (χ3v) is 5.72. The summed E-state index contributed by atoms with van der Waals surface area (Å²) in [5.41, 5.74) is 0.260. The van der Waals surface area contributed by atoms with Gasteiger partial charge in [0, 0.05) is 29.2 Å². The summed E-state index contributed by atoms with van der Waals surface area (Å²) in [6.07, 6.45) is 2.37. The van der Waals surface area contributed by atoms with E-state index in [1.54, 1.807) is 18.2 Å². The molecule has 2 saturated heterocycles. The highest BCUT2D eigenvalue weighted by Gasteiger charge is 2.32. The third kappa shape index (κ3) is 4.54. The van der Waals surface area contributed by atoms with Gasteiger partial charge in [-0.25, -0.2) is 4.39 Å². The van der Waals surface area contributed by atoms with Gasteiger partial charge in [-0.1, -0.05) is 15.9 Å². The smallest absolute Gasteiger partial charge is 0.251 e. The van der Waals surface area contributed by atoms with Crippen LogP contribution in [0.4, 0.5) is 4.39 Å². The Balaban J connectivity index is 1.33. The molecule has 1 N–H and O–H groups in total. The minimum absolute atomic E-state index is 0.0249. The lowest BCUT2D eigenvalue weighted by atomic mass is 10.1. The Labute approximate surface area is 171 Å². The first-order valence-electron chi connectivity index (χ1n) is 9.45. The molecule has 2 fully saturated rings. The van der Waals surface area contributed by atoms with E-state index in [4.69, 9.17) is 9.47 Å². The van der Waals surface area contributed by atoms with Crippen molar-refractivity contribution in [1.82, 2.24) is 10.2 Å². The molecule has 0 bridgehead atoms. The van der Waals surface area contributed by atoms with Crippen molar-refractivity contribution in [2.24, 2.45) is 0 Å². The van der Waals surface area contributed by atoms with Crippen LogP contribution in [-0.4, -0.2) is 49.2 Å². The summed E-state index contributed by atoms with van der Waals surface area (Å²) in [7, 11) is 0. The molecule has 148 valence electrons. The molecule has 0 radical (unpaired) electrons. The summed E-state index contributed by atoms with van der Waals surface area (Å²) >= 11 is 3.34. The van der Waals surface area contributed by atoms with Crippen molar-refractivity contribution in [2.75, 3.05) is 26.2 Å². The molecule has 2 aliphatic rings. The van der Waals surface area contributed by atoms with E-state index in [9.17, 15) is 9.18 Å². The number of hydrogen-bond acceptors (Lipinski definition) is 4. The summed E-state index contributed by atoms with van der Waals surface area (Å²) in [4.78, 5) is 14.8. The number of nitrogens with zero attached hydrogens (tertiary/aromatic N) is 1. The second-order valence-corrected chi connectivity index (χ2v) is 8.07. The zero-order valence-corrected chi connectivity index (χ0v) is 17.0. The summed E-state index contributed by atoms with van der Waals surface area (Å²) in [5.74, 6) is -0.297. The number of carbonyl (C=O) groups is 1. The highest BCUT2D eigenvalue weighted by molar-refractivity contribution is 9.10. The molecule has 0 aliphatic carbocycles. The fourth-order valence-electron chi connectivity index (χ4n) is 3.67. The van der Waals surface area contributed by atoms with Crippen LogP contribution in [0.2, 0.25) is 0 Å². The van der Waals surface area contributed by atoms with Crippen molar-refractivity contribution >= 4 is 21.8 Å². The highest BCUT2D eigenvalue weighted by atomic mass is 79.9. The molecule has 5 nitrogen and oxygen atoms in total. The van der Waals surface area contributed by atoms with Gasteiger partial charge in [-0.2, -0.15) is 0 Å². The quantitative estimate of drug-likeness (QED) is 0.751. The number of fused-ring (bicyclic) bond motifs is 1. The molecule has 1 amide bonds. The molecule has 2 aromatic carbocycles. The zero-order valence-electron chi connectivity index (χ0n) is 15.4. The Morgan fingerprint density at radius 1 is 1.29 bits per heavy atom. The van der Waals surface area contributed by atoms with E-state index in [2.05, 4.69) is 26.1 Å². The van der Waals surface area contributed by atoms with Crippen molar-refractivity contribution in [1.29, 1.82) is 0 Å². The van der Waals surface area contributed by atoms with Crippen molar-refractivity contribution in [3.8, 4) is 11.5 Å². The van der Waals surface area contributed by atoms with E-state index < -0.39 is 5.82 Å². The number of amides is 1. The number of hydrogen-bond donors (Lipinski definition) is 1. The van der Waals surface area contributed by atoms with Gasteiger partial charge in [0.05, 0.1) is 12.7 Å². The Hall–Kier alpha value is -1.96. The predicted octanol–water partition coefficient (Wildman–Crippen LogP) is 3.97. The van der Waals surface area contributed by atoms with Crippen LogP contribution in [-0.2, 0) is 4.74 Å². The van der Waals surface area contributed by atoms with E-state index >= 15 is 0 Å². The van der Waals surface area contributed by atoms with E-state index in [0.29, 0.717) is 18.3 Å². The second-order valence-electron chi connectivity index (χ2n) is 7.16. The molecule has 28 heavy (non-hydrogen) atoms. The zero-order chi connectivity index (χ0) is 19.5. The number of rotatable bonds is 5. The van der Waals surface area contributed by atoms with Crippen LogP contribution in [0.15, 0.2) is 46.9 Å². The highest BCUT2D eigenvalue weighted by Crippen LogP contribution is 2.26. The van der Waals surface area contributed by atoms with Crippen molar-refractivity contribution in [3.63, 3.8) is 0 Å². The van der Waals surface area contributed by atoms with E-state index in [-0.39, 0.29) is 23.3 Å². The lowest BCUT2D eigenvalue weighted by molar-refractivity contribution is -0.0461. The lowest BCUT2D eigenvalue weighted by Crippen LogP contribution is -2.50. The Bertz CT molecular complexity index is 846. The van der Waals surface area contributed by atoms with Gasteiger partial charge >= 0.3 is 0 Å². The van der Waals surface area contributed by atoms with Gasteiger partial charge in [0.2, 0.25) is 0 Å². The molecular formula is C21H22BrFN2O3. The molecule has 4 rings (SSSR count). The van der Waals surface area contributed by atoms with Crippen LogP contribution in [0.25, 0.3) is 0 Å². The van der Waals surface area contributed by atoms with Crippen LogP contribution in [0.1, 0.15) is 23.2 Å². The summed E-state index contributed by atoms with van der Waals surface area (Å²) in [5, 5.41) is 2.85. The van der Waals surface area contributed by atoms with Gasteiger partial charge < -0.3 is 14.8 Å². The van der Waals surface area contributed by atoms with Gasteiger partial charge in [-0.05, 0) is 61.9 Å². The first-order valence-corrected chi connectivity index (χ1v) is 10.2. The third-order valence-electron chi connectivity index (χ3n) is 5.19. The molecule has 0 saturated carbocycles. The average molecular weight is 449 g/mol. The van der Waals surface area contributed by atoms with Gasteiger partial charge in [-0.3, -0.25) is 9.69 Å². The average Bonchev–Trinajstić information content (AvgIpc) is 3.17. The summed E-state index contributed by atoms with van der Waals surface area (Å²) in [6, 6.07) is 11.8. The first-order chi connectivity index (χ1) is 13.6. The van der Waals surface area contributed by atoms with Crippen molar-refractivity contribution < 1.29 is 18.7 Å². The molecule has 2 unspecified atom stereocenters. The minimum Gasteiger partial charge on any atom is -0.454 e. The Kier molecular flexibility index (Phi) is 5.94. The topological polar surface area (TPSA) is 50.8 Å². The predicted molar refractivity (Wildman–Crippen MR) is 107 cm³/mol. The number of ether oxygens (including phenoxy) is 2. The summed E-state index contributed by atoms with van der Waals surface area (Å²) < 4.78 is 26.7. The largest absolute Gasteiger partial charge is 0.454 e. The van der Waals surface area contributed by atoms with Gasteiger partial charge in [0.1, 0.15) is 5.75 Å². The Morgan fingerprint density at radius 3 is 2.89 bits per heavy atom. The Morgan fingerprint density at radius 2 is 2.11 bits per heavy atom. The number of carbonyl (C=O) groups excluding carboxylic acids is 1. The molecular weight excluding hydrogens is 427 g/mol. The molecule has 0 spiro atoms. The molecule has 2 atom stereocenters.